The summed E-state index contributed by atoms with van der Waals surface area (Å²) < 4.78 is 0. The van der Waals surface area contributed by atoms with Gasteiger partial charge in [-0.15, -0.1) is 0 Å². The average molecular weight is 273 g/mol. The summed E-state index contributed by atoms with van der Waals surface area (Å²) in [4.78, 5) is 23.5. The molecule has 0 spiro atoms. The maximum Gasteiger partial charge on any atom is 0.251 e. The first-order valence-corrected chi connectivity index (χ1v) is 6.41. The van der Waals surface area contributed by atoms with Crippen LogP contribution in [-0.4, -0.2) is 17.9 Å². The monoisotopic (exact) mass is 273 g/mol. The van der Waals surface area contributed by atoms with Crippen LogP contribution in [0.3, 0.4) is 0 Å². The van der Waals surface area contributed by atoms with Crippen molar-refractivity contribution in [2.24, 2.45) is 11.7 Å². The predicted molar refractivity (Wildman–Crippen MR) is 75.8 cm³/mol. The maximum atomic E-state index is 12.1. The fourth-order valence-corrected chi connectivity index (χ4v) is 2.00. The molecule has 0 fully saturated rings. The number of nitrogens with two attached hydrogens (primary N) is 1. The number of primary amides is 1. The first kappa shape index (κ1) is 15.7. The lowest BCUT2D eigenvalue weighted by molar-refractivity contribution is -0.120. The minimum absolute atomic E-state index is 0.211. The highest BCUT2D eigenvalue weighted by molar-refractivity contribution is 5.97. The third kappa shape index (κ3) is 4.39. The van der Waals surface area contributed by atoms with Gasteiger partial charge in [-0.25, -0.2) is 0 Å². The van der Waals surface area contributed by atoms with Gasteiger partial charge in [-0.05, 0) is 39.3 Å². The average Bonchev–Trinajstić information content (AvgIpc) is 2.36. The Balaban J connectivity index is 2.86. The summed E-state index contributed by atoms with van der Waals surface area (Å²) in [5.74, 6) is -1.34. The quantitative estimate of drug-likeness (QED) is 0.849. The molecule has 1 rings (SSSR count). The van der Waals surface area contributed by atoms with E-state index in [4.69, 9.17) is 11.0 Å². The van der Waals surface area contributed by atoms with E-state index in [0.717, 1.165) is 11.1 Å². The molecule has 0 unspecified atom stereocenters. The highest BCUT2D eigenvalue weighted by Gasteiger charge is 2.21. The van der Waals surface area contributed by atoms with Gasteiger partial charge < -0.3 is 11.1 Å². The molecule has 0 saturated heterocycles. The molecule has 0 saturated carbocycles. The number of hydrogen-bond acceptors (Lipinski definition) is 3. The molecule has 1 aromatic carbocycles. The first-order chi connectivity index (χ1) is 9.33. The molecule has 2 atom stereocenters. The van der Waals surface area contributed by atoms with Crippen LogP contribution in [0.5, 0.6) is 0 Å². The molecule has 0 aliphatic heterocycles. The minimum Gasteiger partial charge on any atom is -0.368 e. The van der Waals surface area contributed by atoms with Gasteiger partial charge in [0, 0.05) is 11.5 Å². The first-order valence-electron chi connectivity index (χ1n) is 6.41. The second kappa shape index (κ2) is 6.71. The second-order valence-electron chi connectivity index (χ2n) is 5.07. The normalized spacial score (nSPS) is 13.1. The summed E-state index contributed by atoms with van der Waals surface area (Å²) in [6.45, 7) is 5.47. The van der Waals surface area contributed by atoms with Crippen LogP contribution in [0.15, 0.2) is 18.2 Å². The third-order valence-electron chi connectivity index (χ3n) is 2.94. The molecule has 2 amide bonds. The highest BCUT2D eigenvalue weighted by Crippen LogP contribution is 2.10. The van der Waals surface area contributed by atoms with Crippen LogP contribution in [0, 0.1) is 31.1 Å². The van der Waals surface area contributed by atoms with Crippen LogP contribution in [-0.2, 0) is 4.79 Å². The molecule has 106 valence electrons. The number of nitriles is 1. The molecule has 5 heteroatoms. The van der Waals surface area contributed by atoms with Crippen molar-refractivity contribution in [2.75, 3.05) is 0 Å². The Kier molecular flexibility index (Phi) is 5.27. The van der Waals surface area contributed by atoms with Gasteiger partial charge in [0.25, 0.3) is 5.91 Å². The van der Waals surface area contributed by atoms with E-state index in [2.05, 4.69) is 5.32 Å². The summed E-state index contributed by atoms with van der Waals surface area (Å²) in [5.41, 5.74) is 7.68. The molecule has 0 radical (unpaired) electrons. The van der Waals surface area contributed by atoms with Crippen LogP contribution in [0.25, 0.3) is 0 Å². The van der Waals surface area contributed by atoms with Crippen molar-refractivity contribution in [2.45, 2.75) is 33.2 Å². The summed E-state index contributed by atoms with van der Waals surface area (Å²) >= 11 is 0. The fraction of sp³-hybridized carbons (Fsp3) is 0.400. The van der Waals surface area contributed by atoms with Crippen molar-refractivity contribution in [3.63, 3.8) is 0 Å². The highest BCUT2D eigenvalue weighted by atomic mass is 16.2. The molecule has 0 heterocycles. The molecule has 0 aromatic heterocycles. The van der Waals surface area contributed by atoms with E-state index < -0.39 is 11.9 Å². The zero-order valence-corrected chi connectivity index (χ0v) is 11.9. The van der Waals surface area contributed by atoms with E-state index in [9.17, 15) is 9.59 Å². The molecule has 20 heavy (non-hydrogen) atoms. The Morgan fingerprint density at radius 1 is 1.30 bits per heavy atom. The predicted octanol–water partition coefficient (Wildman–Crippen LogP) is 1.44. The third-order valence-corrected chi connectivity index (χ3v) is 2.94. The van der Waals surface area contributed by atoms with E-state index in [1.807, 2.05) is 26.0 Å². The van der Waals surface area contributed by atoms with Gasteiger partial charge in [0.05, 0.1) is 6.07 Å². The lowest BCUT2D eigenvalue weighted by Gasteiger charge is -2.16. The summed E-state index contributed by atoms with van der Waals surface area (Å²) in [5, 5.41) is 11.4. The Hall–Kier alpha value is -2.35. The smallest absolute Gasteiger partial charge is 0.251 e. The lowest BCUT2D eigenvalue weighted by Crippen LogP contribution is -2.45. The van der Waals surface area contributed by atoms with Gasteiger partial charge in [-0.3, -0.25) is 9.59 Å². The van der Waals surface area contributed by atoms with Gasteiger partial charge in [-0.1, -0.05) is 17.2 Å². The van der Waals surface area contributed by atoms with Crippen molar-refractivity contribution in [1.82, 2.24) is 5.32 Å². The molecular weight excluding hydrogens is 254 g/mol. The zero-order valence-electron chi connectivity index (χ0n) is 11.9. The molecule has 1 aromatic rings. The van der Waals surface area contributed by atoms with E-state index >= 15 is 0 Å². The number of benzene rings is 1. The molecular formula is C15H19N3O2. The van der Waals surface area contributed by atoms with Gasteiger partial charge in [0.15, 0.2) is 0 Å². The number of carbonyl (C=O) groups is 2. The van der Waals surface area contributed by atoms with Gasteiger partial charge in [0.1, 0.15) is 6.04 Å². The number of amides is 2. The van der Waals surface area contributed by atoms with Gasteiger partial charge >= 0.3 is 0 Å². The van der Waals surface area contributed by atoms with Crippen molar-refractivity contribution >= 4 is 11.8 Å². The Bertz CT molecular complexity index is 540. The van der Waals surface area contributed by atoms with Crippen molar-refractivity contribution in [3.8, 4) is 6.07 Å². The van der Waals surface area contributed by atoms with Gasteiger partial charge in [0.2, 0.25) is 5.91 Å². The van der Waals surface area contributed by atoms with Crippen molar-refractivity contribution in [1.29, 1.82) is 5.26 Å². The van der Waals surface area contributed by atoms with Crippen LogP contribution < -0.4 is 11.1 Å². The Morgan fingerprint density at radius 2 is 1.85 bits per heavy atom. The largest absolute Gasteiger partial charge is 0.368 e. The lowest BCUT2D eigenvalue weighted by atomic mass is 10.0. The van der Waals surface area contributed by atoms with Gasteiger partial charge in [-0.2, -0.15) is 5.26 Å². The van der Waals surface area contributed by atoms with E-state index in [1.54, 1.807) is 19.1 Å². The van der Waals surface area contributed by atoms with Crippen LogP contribution >= 0.6 is 0 Å². The molecule has 0 aliphatic carbocycles. The molecule has 0 bridgehead atoms. The maximum absolute atomic E-state index is 12.1. The summed E-state index contributed by atoms with van der Waals surface area (Å²) in [7, 11) is 0. The van der Waals surface area contributed by atoms with Crippen LogP contribution in [0.4, 0.5) is 0 Å². The summed E-state index contributed by atoms with van der Waals surface area (Å²) in [6, 6.07) is 6.63. The molecule has 3 N–H and O–H groups in total. The van der Waals surface area contributed by atoms with Crippen LogP contribution in [0.1, 0.15) is 34.8 Å². The SMILES string of the molecule is Cc1cc(C)cc(C(=O)N[C@@H](C[C@@H](C)C#N)C(N)=O)c1. The van der Waals surface area contributed by atoms with Crippen molar-refractivity contribution in [3.05, 3.63) is 34.9 Å². The second-order valence-corrected chi connectivity index (χ2v) is 5.07. The molecule has 0 aliphatic rings. The minimum atomic E-state index is -0.835. The number of rotatable bonds is 5. The molecule has 5 nitrogen and oxygen atoms in total. The van der Waals surface area contributed by atoms with E-state index in [-0.39, 0.29) is 18.2 Å². The zero-order chi connectivity index (χ0) is 15.3. The Labute approximate surface area is 118 Å². The topological polar surface area (TPSA) is 96.0 Å². The van der Waals surface area contributed by atoms with Crippen molar-refractivity contribution < 1.29 is 9.59 Å². The van der Waals surface area contributed by atoms with Crippen LogP contribution in [0.2, 0.25) is 0 Å². The number of aryl methyl sites for hydroxylation is 2. The summed E-state index contributed by atoms with van der Waals surface area (Å²) in [6.07, 6.45) is 0.211. The number of nitrogens with zero attached hydrogens (tertiary/aromatic N) is 1. The standard InChI is InChI=1S/C15H19N3O2/c1-9-4-10(2)6-12(5-9)15(20)18-13(14(17)19)7-11(3)8-16/h4-6,11,13H,7H2,1-3H3,(H2,17,19)(H,18,20)/t11-,13+/m1/s1. The number of carbonyl (C=O) groups excluding carboxylic acids is 2. The number of nitrogens with one attached hydrogen (secondary N) is 1. The van der Waals surface area contributed by atoms with E-state index in [1.165, 1.54) is 0 Å². The van der Waals surface area contributed by atoms with E-state index in [0.29, 0.717) is 5.56 Å². The fourth-order valence-electron chi connectivity index (χ4n) is 2.00. The number of hydrogen-bond donors (Lipinski definition) is 2. The Morgan fingerprint density at radius 3 is 2.30 bits per heavy atom.